The zero-order chi connectivity index (χ0) is 21.4. The van der Waals surface area contributed by atoms with Gasteiger partial charge in [-0.3, -0.25) is 14.5 Å². The number of furan rings is 1. The topological polar surface area (TPSA) is 62.9 Å². The van der Waals surface area contributed by atoms with Gasteiger partial charge in [0.05, 0.1) is 22.2 Å². The van der Waals surface area contributed by atoms with Gasteiger partial charge in [-0.15, -0.1) is 0 Å². The van der Waals surface area contributed by atoms with Gasteiger partial charge in [0.25, 0.3) is 11.1 Å². The van der Waals surface area contributed by atoms with E-state index in [1.54, 1.807) is 12.1 Å². The van der Waals surface area contributed by atoms with Crippen LogP contribution in [0.5, 0.6) is 0 Å². The number of nitrogens with zero attached hydrogens (tertiary/aromatic N) is 2. The van der Waals surface area contributed by atoms with Crippen LogP contribution in [0.4, 0.5) is 10.5 Å². The van der Waals surface area contributed by atoms with Crippen molar-refractivity contribution < 1.29 is 14.0 Å². The van der Waals surface area contributed by atoms with Crippen LogP contribution in [-0.2, 0) is 17.8 Å². The second-order valence-corrected chi connectivity index (χ2v) is 9.34. The van der Waals surface area contributed by atoms with Crippen LogP contribution in [0, 0.1) is 6.92 Å². The lowest BCUT2D eigenvalue weighted by Gasteiger charge is -2.14. The Hall–Kier alpha value is -3.03. The molecule has 0 spiro atoms. The molecule has 3 heterocycles. The summed E-state index contributed by atoms with van der Waals surface area (Å²) in [6, 6.07) is 19.5. The number of aliphatic imine (C=N–C) groups is 1. The first-order valence-corrected chi connectivity index (χ1v) is 11.4. The molecule has 0 radical (unpaired) electrons. The lowest BCUT2D eigenvalue weighted by molar-refractivity contribution is -0.123. The van der Waals surface area contributed by atoms with Crippen LogP contribution in [0.1, 0.15) is 22.5 Å². The van der Waals surface area contributed by atoms with Crippen molar-refractivity contribution >= 4 is 51.5 Å². The summed E-state index contributed by atoms with van der Waals surface area (Å²) in [5.74, 6) is 0.250. The third-order valence-electron chi connectivity index (χ3n) is 5.14. The van der Waals surface area contributed by atoms with E-state index in [4.69, 9.17) is 4.42 Å². The first kappa shape index (κ1) is 19.9. The molecule has 0 unspecified atom stereocenters. The lowest BCUT2D eigenvalue weighted by Crippen LogP contribution is -2.27. The molecular weight excluding hydrogens is 428 g/mol. The number of imide groups is 1. The van der Waals surface area contributed by atoms with Crippen molar-refractivity contribution in [3.8, 4) is 0 Å². The summed E-state index contributed by atoms with van der Waals surface area (Å²) in [6.07, 6.45) is 2.42. The molecule has 7 heteroatoms. The molecule has 3 aromatic rings. The Morgan fingerprint density at radius 1 is 1.10 bits per heavy atom. The lowest BCUT2D eigenvalue weighted by atomic mass is 10.1. The zero-order valence-corrected chi connectivity index (χ0v) is 18.3. The van der Waals surface area contributed by atoms with E-state index >= 15 is 0 Å². The third-order valence-corrected chi connectivity index (χ3v) is 6.93. The van der Waals surface area contributed by atoms with Crippen LogP contribution in [0.25, 0.3) is 6.08 Å². The SMILES string of the molecule is Cc1ccccc1CN1C(=O)SC(=Cc2ccc(SC3=Nc4ccccc4C3)o2)C1=O. The highest BCUT2D eigenvalue weighted by Gasteiger charge is 2.35. The Morgan fingerprint density at radius 3 is 2.74 bits per heavy atom. The number of thioether (sulfide) groups is 2. The summed E-state index contributed by atoms with van der Waals surface area (Å²) in [4.78, 5) is 31.5. The van der Waals surface area contributed by atoms with Gasteiger partial charge in [-0.1, -0.05) is 42.5 Å². The number of hydrogen-bond donors (Lipinski definition) is 0. The highest BCUT2D eigenvalue weighted by Crippen LogP contribution is 2.36. The van der Waals surface area contributed by atoms with Gasteiger partial charge in [0.15, 0.2) is 5.09 Å². The number of carbonyl (C=O) groups excluding carboxylic acids is 2. The van der Waals surface area contributed by atoms with E-state index in [1.165, 1.54) is 22.2 Å². The van der Waals surface area contributed by atoms with E-state index in [9.17, 15) is 9.59 Å². The van der Waals surface area contributed by atoms with Crippen LogP contribution in [0.2, 0.25) is 0 Å². The van der Waals surface area contributed by atoms with Gasteiger partial charge in [-0.05, 0) is 65.3 Å². The first-order valence-electron chi connectivity index (χ1n) is 9.80. The number of fused-ring (bicyclic) bond motifs is 1. The van der Waals surface area contributed by atoms with Crippen molar-refractivity contribution in [2.24, 2.45) is 4.99 Å². The molecule has 1 saturated heterocycles. The first-order chi connectivity index (χ1) is 15.1. The summed E-state index contributed by atoms with van der Waals surface area (Å²) in [5, 5.41) is 1.41. The Bertz CT molecular complexity index is 1260. The number of benzene rings is 2. The van der Waals surface area contributed by atoms with E-state index < -0.39 is 0 Å². The van der Waals surface area contributed by atoms with Crippen LogP contribution in [-0.4, -0.2) is 21.1 Å². The summed E-state index contributed by atoms with van der Waals surface area (Å²) in [6.45, 7) is 2.24. The highest BCUT2D eigenvalue weighted by atomic mass is 32.2. The minimum atomic E-state index is -0.292. The van der Waals surface area contributed by atoms with Gasteiger partial charge in [0.2, 0.25) is 0 Å². The summed E-state index contributed by atoms with van der Waals surface area (Å²) < 4.78 is 5.87. The minimum absolute atomic E-state index is 0.265. The molecule has 1 fully saturated rings. The molecule has 5 nitrogen and oxygen atoms in total. The van der Waals surface area contributed by atoms with E-state index in [0.29, 0.717) is 15.8 Å². The molecule has 2 aliphatic rings. The molecule has 0 bridgehead atoms. The molecule has 0 atom stereocenters. The fraction of sp³-hybridized carbons (Fsp3) is 0.125. The molecule has 2 aromatic carbocycles. The Balaban J connectivity index is 1.28. The summed E-state index contributed by atoms with van der Waals surface area (Å²) >= 11 is 2.42. The maximum atomic E-state index is 12.8. The van der Waals surface area contributed by atoms with Gasteiger partial charge in [-0.2, -0.15) is 0 Å². The third kappa shape index (κ3) is 4.11. The van der Waals surface area contributed by atoms with Gasteiger partial charge in [0, 0.05) is 12.5 Å². The fourth-order valence-corrected chi connectivity index (χ4v) is 5.17. The number of amides is 2. The van der Waals surface area contributed by atoms with Crippen LogP contribution < -0.4 is 0 Å². The van der Waals surface area contributed by atoms with E-state index in [0.717, 1.165) is 40.0 Å². The Labute approximate surface area is 188 Å². The zero-order valence-electron chi connectivity index (χ0n) is 16.7. The molecule has 5 rings (SSSR count). The standard InChI is InChI=1S/C24H18N2O3S2/c1-15-6-2-3-8-17(15)14-26-23(27)20(30-24(26)28)13-18-10-11-22(29-18)31-21-12-16-7-4-5-9-19(16)25-21/h2-11,13H,12,14H2,1H3. The quantitative estimate of drug-likeness (QED) is 0.446. The largest absolute Gasteiger partial charge is 0.450 e. The molecule has 2 aliphatic heterocycles. The van der Waals surface area contributed by atoms with Crippen LogP contribution in [0.3, 0.4) is 0 Å². The summed E-state index contributed by atoms with van der Waals surface area (Å²) in [7, 11) is 0. The summed E-state index contributed by atoms with van der Waals surface area (Å²) in [5.41, 5.74) is 4.22. The molecule has 0 aliphatic carbocycles. The molecular formula is C24H18N2O3S2. The van der Waals surface area contributed by atoms with Crippen molar-refractivity contribution in [2.45, 2.75) is 25.0 Å². The number of hydrogen-bond acceptors (Lipinski definition) is 6. The maximum Gasteiger partial charge on any atom is 0.293 e. The average molecular weight is 447 g/mol. The predicted octanol–water partition coefficient (Wildman–Crippen LogP) is 6.20. The fourth-order valence-electron chi connectivity index (χ4n) is 3.47. The monoisotopic (exact) mass is 446 g/mol. The number of para-hydroxylation sites is 1. The van der Waals surface area contributed by atoms with Crippen molar-refractivity contribution in [1.29, 1.82) is 0 Å². The number of carbonyl (C=O) groups is 2. The molecule has 31 heavy (non-hydrogen) atoms. The van der Waals surface area contributed by atoms with Gasteiger partial charge in [0.1, 0.15) is 5.76 Å². The van der Waals surface area contributed by atoms with E-state index in [1.807, 2.05) is 55.5 Å². The number of aryl methyl sites for hydroxylation is 1. The highest BCUT2D eigenvalue weighted by molar-refractivity contribution is 8.18. The molecule has 2 amide bonds. The molecule has 0 saturated carbocycles. The Morgan fingerprint density at radius 2 is 1.90 bits per heavy atom. The predicted molar refractivity (Wildman–Crippen MR) is 124 cm³/mol. The van der Waals surface area contributed by atoms with Gasteiger partial charge >= 0.3 is 0 Å². The average Bonchev–Trinajstić information content (AvgIpc) is 3.44. The van der Waals surface area contributed by atoms with Gasteiger partial charge in [-0.25, -0.2) is 4.99 Å². The second-order valence-electron chi connectivity index (χ2n) is 7.26. The molecule has 1 aromatic heterocycles. The van der Waals surface area contributed by atoms with E-state index in [2.05, 4.69) is 11.1 Å². The van der Waals surface area contributed by atoms with Crippen molar-refractivity contribution in [3.05, 3.63) is 88.0 Å². The van der Waals surface area contributed by atoms with Crippen LogP contribution in [0.15, 0.2) is 80.1 Å². The van der Waals surface area contributed by atoms with Crippen molar-refractivity contribution in [1.82, 2.24) is 4.90 Å². The van der Waals surface area contributed by atoms with E-state index in [-0.39, 0.29) is 17.7 Å². The van der Waals surface area contributed by atoms with Crippen LogP contribution >= 0.6 is 23.5 Å². The van der Waals surface area contributed by atoms with Crippen molar-refractivity contribution in [2.75, 3.05) is 0 Å². The van der Waals surface area contributed by atoms with Gasteiger partial charge < -0.3 is 4.42 Å². The second kappa shape index (κ2) is 8.24. The Kier molecular flexibility index (Phi) is 5.29. The van der Waals surface area contributed by atoms with Crippen molar-refractivity contribution in [3.63, 3.8) is 0 Å². The molecule has 0 N–H and O–H groups in total. The normalized spacial score (nSPS) is 16.9. The number of rotatable bonds is 4. The maximum absolute atomic E-state index is 12.8. The minimum Gasteiger partial charge on any atom is -0.450 e. The smallest absolute Gasteiger partial charge is 0.293 e. The molecule has 154 valence electrons.